The van der Waals surface area contributed by atoms with Gasteiger partial charge >= 0.3 is 0 Å². The molecule has 0 aliphatic carbocycles. The van der Waals surface area contributed by atoms with E-state index in [2.05, 4.69) is 34.8 Å². The lowest BCUT2D eigenvalue weighted by molar-refractivity contribution is 1.44. The Kier molecular flexibility index (Phi) is 2.61. The number of hydrogen-bond donors (Lipinski definition) is 0. The summed E-state index contributed by atoms with van der Waals surface area (Å²) in [5.74, 6) is 0. The van der Waals surface area contributed by atoms with E-state index in [-0.39, 0.29) is 0 Å². The third-order valence-electron chi connectivity index (χ3n) is 2.72. The Bertz CT molecular complexity index is 594. The Balaban J connectivity index is 2.11. The smallest absolute Gasteiger partial charge is 0.0996 e. The molecule has 2 nitrogen and oxygen atoms in total. The Hall–Kier alpha value is -1.74. The summed E-state index contributed by atoms with van der Waals surface area (Å²) in [6.07, 6.45) is 0.823. The largest absolute Gasteiger partial charge is 0.255 e. The van der Waals surface area contributed by atoms with Gasteiger partial charge in [0.05, 0.1) is 17.1 Å². The van der Waals surface area contributed by atoms with Gasteiger partial charge in [-0.25, -0.2) is 4.99 Å². The first-order chi connectivity index (χ1) is 8.33. The van der Waals surface area contributed by atoms with Crippen LogP contribution in [0, 0.1) is 0 Å². The van der Waals surface area contributed by atoms with Crippen molar-refractivity contribution in [2.45, 2.75) is 13.3 Å². The maximum Gasteiger partial charge on any atom is 0.0996 e. The molecule has 1 aromatic heterocycles. The van der Waals surface area contributed by atoms with Crippen molar-refractivity contribution in [3.8, 4) is 0 Å². The van der Waals surface area contributed by atoms with Crippen molar-refractivity contribution in [2.24, 2.45) is 9.98 Å². The van der Waals surface area contributed by atoms with Crippen molar-refractivity contribution < 1.29 is 0 Å². The molecule has 3 rings (SSSR count). The molecule has 2 aromatic rings. The number of aliphatic imine (C=N–C) groups is 2. The van der Waals surface area contributed by atoms with Crippen molar-refractivity contribution in [3.63, 3.8) is 0 Å². The first-order valence-corrected chi connectivity index (χ1v) is 6.50. The van der Waals surface area contributed by atoms with E-state index in [1.807, 2.05) is 18.2 Å². The van der Waals surface area contributed by atoms with Gasteiger partial charge in [-0.1, -0.05) is 30.3 Å². The average Bonchev–Trinajstić information content (AvgIpc) is 2.70. The van der Waals surface area contributed by atoms with E-state index >= 15 is 0 Å². The van der Waals surface area contributed by atoms with Gasteiger partial charge in [0.15, 0.2) is 0 Å². The van der Waals surface area contributed by atoms with Crippen LogP contribution >= 0.6 is 11.3 Å². The first-order valence-electron chi connectivity index (χ1n) is 5.56. The van der Waals surface area contributed by atoms with Gasteiger partial charge in [-0.3, -0.25) is 4.99 Å². The second kappa shape index (κ2) is 4.26. The molecular weight excluding hydrogens is 228 g/mol. The third-order valence-corrected chi connectivity index (χ3v) is 3.44. The minimum absolute atomic E-state index is 0.823. The maximum absolute atomic E-state index is 4.73. The minimum atomic E-state index is 0.823. The zero-order chi connectivity index (χ0) is 11.7. The van der Waals surface area contributed by atoms with Crippen LogP contribution in [0.5, 0.6) is 0 Å². The van der Waals surface area contributed by atoms with Crippen molar-refractivity contribution in [2.75, 3.05) is 0 Å². The highest BCUT2D eigenvalue weighted by molar-refractivity contribution is 7.08. The molecule has 0 saturated carbocycles. The Morgan fingerprint density at radius 1 is 1.00 bits per heavy atom. The summed E-state index contributed by atoms with van der Waals surface area (Å²) in [6.45, 7) is 2.06. The molecule has 0 spiro atoms. The maximum atomic E-state index is 4.73. The molecule has 84 valence electrons. The van der Waals surface area contributed by atoms with Gasteiger partial charge in [0, 0.05) is 22.9 Å². The Labute approximate surface area is 104 Å². The van der Waals surface area contributed by atoms with Crippen molar-refractivity contribution in [3.05, 3.63) is 46.7 Å². The van der Waals surface area contributed by atoms with Gasteiger partial charge in [-0.2, -0.15) is 0 Å². The summed E-state index contributed by atoms with van der Waals surface area (Å²) in [7, 11) is 0. The molecule has 0 atom stereocenters. The molecule has 1 aromatic carbocycles. The predicted octanol–water partition coefficient (Wildman–Crippen LogP) is 4.37. The molecule has 1 aliphatic rings. The monoisotopic (exact) mass is 240 g/mol. The topological polar surface area (TPSA) is 24.7 Å². The van der Waals surface area contributed by atoms with E-state index in [1.54, 1.807) is 11.3 Å². The predicted molar refractivity (Wildman–Crippen MR) is 74.3 cm³/mol. The van der Waals surface area contributed by atoms with E-state index < -0.39 is 0 Å². The van der Waals surface area contributed by atoms with Crippen LogP contribution < -0.4 is 0 Å². The van der Waals surface area contributed by atoms with Gasteiger partial charge in [-0.05, 0) is 12.5 Å². The first kappa shape index (κ1) is 10.4. The minimum Gasteiger partial charge on any atom is -0.255 e. The number of nitrogens with zero attached hydrogens (tertiary/aromatic N) is 2. The lowest BCUT2D eigenvalue weighted by atomic mass is 10.1. The molecule has 0 unspecified atom stereocenters. The highest BCUT2D eigenvalue weighted by Gasteiger charge is 2.12. The van der Waals surface area contributed by atoms with Crippen LogP contribution in [0.2, 0.25) is 0 Å². The van der Waals surface area contributed by atoms with Gasteiger partial charge in [0.1, 0.15) is 0 Å². The Morgan fingerprint density at radius 3 is 2.47 bits per heavy atom. The standard InChI is InChI=1S/C14H12N2S/c1-10-7-12(11-5-3-2-4-6-11)16-14-9-17-8-13(14)15-10/h2-6,8-9H,7H2,1H3. The molecular formula is C14H12N2S. The fourth-order valence-corrected chi connectivity index (χ4v) is 2.59. The lowest BCUT2D eigenvalue weighted by Crippen LogP contribution is -2.05. The number of thiophene rings is 1. The van der Waals surface area contributed by atoms with E-state index in [1.165, 1.54) is 5.56 Å². The van der Waals surface area contributed by atoms with Crippen LogP contribution in [-0.4, -0.2) is 11.4 Å². The van der Waals surface area contributed by atoms with E-state index in [9.17, 15) is 0 Å². The molecule has 3 heteroatoms. The number of rotatable bonds is 1. The molecule has 2 heterocycles. The number of fused-ring (bicyclic) bond motifs is 1. The van der Waals surface area contributed by atoms with Gasteiger partial charge in [0.2, 0.25) is 0 Å². The molecule has 0 amide bonds. The van der Waals surface area contributed by atoms with Crippen LogP contribution in [0.15, 0.2) is 51.1 Å². The van der Waals surface area contributed by atoms with Gasteiger partial charge in [-0.15, -0.1) is 11.3 Å². The SMILES string of the molecule is CC1=Nc2cscc2N=C(c2ccccc2)C1. The fraction of sp³-hybridized carbons (Fsp3) is 0.143. The molecule has 0 N–H and O–H groups in total. The second-order valence-electron chi connectivity index (χ2n) is 4.09. The zero-order valence-electron chi connectivity index (χ0n) is 9.55. The van der Waals surface area contributed by atoms with Crippen molar-refractivity contribution in [1.82, 2.24) is 0 Å². The van der Waals surface area contributed by atoms with Crippen LogP contribution in [0.1, 0.15) is 18.9 Å². The summed E-state index contributed by atoms with van der Waals surface area (Å²) in [5.41, 5.74) is 5.39. The van der Waals surface area contributed by atoms with E-state index in [0.29, 0.717) is 0 Å². The van der Waals surface area contributed by atoms with Crippen LogP contribution in [0.25, 0.3) is 0 Å². The molecule has 0 fully saturated rings. The summed E-state index contributed by atoms with van der Waals surface area (Å²) in [6, 6.07) is 10.3. The lowest BCUT2D eigenvalue weighted by Gasteiger charge is -2.03. The highest BCUT2D eigenvalue weighted by atomic mass is 32.1. The Morgan fingerprint density at radius 2 is 1.71 bits per heavy atom. The molecule has 0 radical (unpaired) electrons. The fourth-order valence-electron chi connectivity index (χ4n) is 1.92. The van der Waals surface area contributed by atoms with Gasteiger partial charge in [0.25, 0.3) is 0 Å². The van der Waals surface area contributed by atoms with Crippen molar-refractivity contribution >= 4 is 34.1 Å². The number of benzene rings is 1. The third kappa shape index (κ3) is 2.06. The average molecular weight is 240 g/mol. The molecule has 0 saturated heterocycles. The quantitative estimate of drug-likeness (QED) is 0.707. The van der Waals surface area contributed by atoms with E-state index in [4.69, 9.17) is 4.99 Å². The van der Waals surface area contributed by atoms with E-state index in [0.717, 1.165) is 29.2 Å². The zero-order valence-corrected chi connectivity index (χ0v) is 10.4. The highest BCUT2D eigenvalue weighted by Crippen LogP contribution is 2.35. The van der Waals surface area contributed by atoms with Crippen LogP contribution in [-0.2, 0) is 0 Å². The second-order valence-corrected chi connectivity index (χ2v) is 4.83. The van der Waals surface area contributed by atoms with Crippen molar-refractivity contribution in [1.29, 1.82) is 0 Å². The van der Waals surface area contributed by atoms with Crippen LogP contribution in [0.4, 0.5) is 11.4 Å². The normalized spacial score (nSPS) is 14.6. The molecule has 17 heavy (non-hydrogen) atoms. The van der Waals surface area contributed by atoms with Gasteiger partial charge < -0.3 is 0 Å². The van der Waals surface area contributed by atoms with Crippen LogP contribution in [0.3, 0.4) is 0 Å². The molecule has 0 bridgehead atoms. The summed E-state index contributed by atoms with van der Waals surface area (Å²) >= 11 is 1.65. The summed E-state index contributed by atoms with van der Waals surface area (Å²) in [4.78, 5) is 9.32. The summed E-state index contributed by atoms with van der Waals surface area (Å²) in [5, 5.41) is 4.11. The summed E-state index contributed by atoms with van der Waals surface area (Å²) < 4.78 is 0. The molecule has 1 aliphatic heterocycles. The number of hydrogen-bond acceptors (Lipinski definition) is 3.